The molecule has 0 aromatic heterocycles. The van der Waals surface area contributed by atoms with Crippen LogP contribution in [0.4, 0.5) is 10.1 Å². The molecule has 0 aliphatic heterocycles. The predicted octanol–water partition coefficient (Wildman–Crippen LogP) is 4.12. The lowest BCUT2D eigenvalue weighted by Gasteiger charge is -2.21. The molecule has 24 heavy (non-hydrogen) atoms. The topological polar surface area (TPSA) is 49.4 Å². The summed E-state index contributed by atoms with van der Waals surface area (Å²) in [7, 11) is 0. The predicted molar refractivity (Wildman–Crippen MR) is 92.6 cm³/mol. The van der Waals surface area contributed by atoms with Gasteiger partial charge >= 0.3 is 0 Å². The Balaban J connectivity index is 2.06. The van der Waals surface area contributed by atoms with Crippen LogP contribution in [0.25, 0.3) is 0 Å². The SMILES string of the molecule is CC(=O)N(CC(=O)Nc1c(Cl)cccc1Cl)Cc1ccc(F)cc1. The standard InChI is InChI=1S/C17H15Cl2FN2O2/c1-11(23)22(9-12-5-7-13(20)8-6-12)10-16(24)21-17-14(18)3-2-4-15(17)19/h2-8H,9-10H2,1H3,(H,21,24). The van der Waals surface area contributed by atoms with E-state index in [-0.39, 0.29) is 24.8 Å². The fraction of sp³-hybridized carbons (Fsp3) is 0.176. The molecule has 1 N–H and O–H groups in total. The molecule has 126 valence electrons. The van der Waals surface area contributed by atoms with Gasteiger partial charge in [0.15, 0.2) is 0 Å². The Hall–Kier alpha value is -2.11. The van der Waals surface area contributed by atoms with Gasteiger partial charge in [-0.05, 0) is 29.8 Å². The van der Waals surface area contributed by atoms with Gasteiger partial charge in [0.25, 0.3) is 0 Å². The lowest BCUT2D eigenvalue weighted by molar-refractivity contribution is -0.133. The van der Waals surface area contributed by atoms with Crippen LogP contribution in [0.1, 0.15) is 12.5 Å². The van der Waals surface area contributed by atoms with E-state index in [0.717, 1.165) is 5.56 Å². The maximum atomic E-state index is 12.9. The Kier molecular flexibility index (Phi) is 6.17. The van der Waals surface area contributed by atoms with E-state index in [4.69, 9.17) is 23.2 Å². The summed E-state index contributed by atoms with van der Waals surface area (Å²) in [4.78, 5) is 25.3. The quantitative estimate of drug-likeness (QED) is 0.862. The fourth-order valence-electron chi connectivity index (χ4n) is 2.06. The molecule has 0 heterocycles. The van der Waals surface area contributed by atoms with Crippen molar-refractivity contribution in [3.8, 4) is 0 Å². The monoisotopic (exact) mass is 368 g/mol. The highest BCUT2D eigenvalue weighted by atomic mass is 35.5. The third kappa shape index (κ3) is 4.94. The largest absolute Gasteiger partial charge is 0.329 e. The second kappa shape index (κ2) is 8.13. The second-order valence-corrected chi connectivity index (χ2v) is 5.96. The Morgan fingerprint density at radius 2 is 1.67 bits per heavy atom. The number of hydrogen-bond acceptors (Lipinski definition) is 2. The van der Waals surface area contributed by atoms with Crippen molar-refractivity contribution < 1.29 is 14.0 Å². The second-order valence-electron chi connectivity index (χ2n) is 5.15. The number of halogens is 3. The van der Waals surface area contributed by atoms with Gasteiger partial charge in [0.1, 0.15) is 12.4 Å². The van der Waals surface area contributed by atoms with Crippen molar-refractivity contribution in [1.82, 2.24) is 4.90 Å². The third-order valence-electron chi connectivity index (χ3n) is 3.29. The highest BCUT2D eigenvalue weighted by molar-refractivity contribution is 6.39. The molecule has 2 amide bonds. The normalized spacial score (nSPS) is 10.3. The summed E-state index contributed by atoms with van der Waals surface area (Å²) in [6.45, 7) is 1.38. The molecule has 0 atom stereocenters. The number of carbonyl (C=O) groups is 2. The van der Waals surface area contributed by atoms with Gasteiger partial charge in [-0.3, -0.25) is 9.59 Å². The lowest BCUT2D eigenvalue weighted by atomic mass is 10.2. The van der Waals surface area contributed by atoms with Gasteiger partial charge < -0.3 is 10.2 Å². The van der Waals surface area contributed by atoms with Crippen LogP contribution >= 0.6 is 23.2 Å². The van der Waals surface area contributed by atoms with Crippen LogP contribution in [0.3, 0.4) is 0 Å². The van der Waals surface area contributed by atoms with Crippen molar-refractivity contribution in [2.75, 3.05) is 11.9 Å². The van der Waals surface area contributed by atoms with E-state index in [1.54, 1.807) is 30.3 Å². The first-order chi connectivity index (χ1) is 11.4. The molecule has 0 fully saturated rings. The number of amides is 2. The van der Waals surface area contributed by atoms with Crippen molar-refractivity contribution in [2.45, 2.75) is 13.5 Å². The zero-order valence-corrected chi connectivity index (χ0v) is 14.4. The van der Waals surface area contributed by atoms with Gasteiger partial charge in [0.2, 0.25) is 11.8 Å². The smallest absolute Gasteiger partial charge is 0.244 e. The number of benzene rings is 2. The number of anilines is 1. The minimum atomic E-state index is -0.428. The highest BCUT2D eigenvalue weighted by Crippen LogP contribution is 2.29. The Labute approximate surface area is 149 Å². The van der Waals surface area contributed by atoms with Crippen LogP contribution in [0.15, 0.2) is 42.5 Å². The summed E-state index contributed by atoms with van der Waals surface area (Å²) >= 11 is 12.0. The minimum absolute atomic E-state index is 0.172. The van der Waals surface area contributed by atoms with Crippen LogP contribution in [-0.2, 0) is 16.1 Å². The summed E-state index contributed by atoms with van der Waals surface area (Å²) in [5.74, 6) is -1.07. The van der Waals surface area contributed by atoms with Gasteiger partial charge in [0.05, 0.1) is 15.7 Å². The molecule has 0 aliphatic rings. The number of carbonyl (C=O) groups excluding carboxylic acids is 2. The molecule has 2 aromatic carbocycles. The van der Waals surface area contributed by atoms with Gasteiger partial charge in [-0.2, -0.15) is 0 Å². The number of para-hydroxylation sites is 1. The molecule has 0 spiro atoms. The Bertz CT molecular complexity index is 731. The molecule has 0 unspecified atom stereocenters. The van der Waals surface area contributed by atoms with E-state index >= 15 is 0 Å². The molecule has 4 nitrogen and oxygen atoms in total. The molecule has 0 bridgehead atoms. The average Bonchev–Trinajstić information content (AvgIpc) is 2.52. The molecule has 0 radical (unpaired) electrons. The molecule has 2 rings (SSSR count). The molecule has 7 heteroatoms. The van der Waals surface area contributed by atoms with E-state index < -0.39 is 5.91 Å². The highest BCUT2D eigenvalue weighted by Gasteiger charge is 2.16. The maximum Gasteiger partial charge on any atom is 0.244 e. The number of nitrogens with zero attached hydrogens (tertiary/aromatic N) is 1. The molecule has 2 aromatic rings. The summed E-state index contributed by atoms with van der Waals surface area (Å²) in [5, 5.41) is 3.22. The summed E-state index contributed by atoms with van der Waals surface area (Å²) in [6.07, 6.45) is 0. The van der Waals surface area contributed by atoms with Crippen LogP contribution in [0.5, 0.6) is 0 Å². The number of nitrogens with one attached hydrogen (secondary N) is 1. The summed E-state index contributed by atoms with van der Waals surface area (Å²) in [6, 6.07) is 10.6. The molecular formula is C17H15Cl2FN2O2. The number of rotatable bonds is 5. The first-order valence-corrected chi connectivity index (χ1v) is 7.86. The van der Waals surface area contributed by atoms with Crippen molar-refractivity contribution in [1.29, 1.82) is 0 Å². The van der Waals surface area contributed by atoms with Crippen LogP contribution in [-0.4, -0.2) is 23.3 Å². The zero-order valence-electron chi connectivity index (χ0n) is 12.9. The molecule has 0 saturated heterocycles. The van der Waals surface area contributed by atoms with Crippen molar-refractivity contribution in [3.63, 3.8) is 0 Å². The molecule has 0 saturated carbocycles. The maximum absolute atomic E-state index is 12.9. The van der Waals surface area contributed by atoms with Gasteiger partial charge in [-0.25, -0.2) is 4.39 Å². The first-order valence-electron chi connectivity index (χ1n) is 7.10. The minimum Gasteiger partial charge on any atom is -0.329 e. The van der Waals surface area contributed by atoms with E-state index in [1.807, 2.05) is 0 Å². The first kappa shape index (κ1) is 18.2. The summed E-state index contributed by atoms with van der Waals surface area (Å²) in [5.41, 5.74) is 1.02. The zero-order chi connectivity index (χ0) is 17.7. The Morgan fingerprint density at radius 3 is 2.21 bits per heavy atom. The van der Waals surface area contributed by atoms with Gasteiger partial charge in [-0.15, -0.1) is 0 Å². The van der Waals surface area contributed by atoms with Crippen molar-refractivity contribution in [3.05, 3.63) is 63.9 Å². The van der Waals surface area contributed by atoms with Crippen molar-refractivity contribution >= 4 is 40.7 Å². The van der Waals surface area contributed by atoms with Crippen LogP contribution in [0, 0.1) is 5.82 Å². The fourth-order valence-corrected chi connectivity index (χ4v) is 2.55. The van der Waals surface area contributed by atoms with Gasteiger partial charge in [-0.1, -0.05) is 41.4 Å². The van der Waals surface area contributed by atoms with E-state index in [1.165, 1.54) is 24.0 Å². The van der Waals surface area contributed by atoms with E-state index in [0.29, 0.717) is 15.7 Å². The molecule has 0 aliphatic carbocycles. The third-order valence-corrected chi connectivity index (χ3v) is 3.92. The number of hydrogen-bond donors (Lipinski definition) is 1. The summed E-state index contributed by atoms with van der Waals surface area (Å²) < 4.78 is 12.9. The van der Waals surface area contributed by atoms with Gasteiger partial charge in [0, 0.05) is 13.5 Å². The van der Waals surface area contributed by atoms with Crippen LogP contribution in [0.2, 0.25) is 10.0 Å². The lowest BCUT2D eigenvalue weighted by Crippen LogP contribution is -2.36. The van der Waals surface area contributed by atoms with E-state index in [9.17, 15) is 14.0 Å². The van der Waals surface area contributed by atoms with E-state index in [2.05, 4.69) is 5.32 Å². The van der Waals surface area contributed by atoms with Crippen LogP contribution < -0.4 is 5.32 Å². The average molecular weight is 369 g/mol. The Morgan fingerprint density at radius 1 is 1.08 bits per heavy atom. The molecular weight excluding hydrogens is 354 g/mol. The van der Waals surface area contributed by atoms with Crippen molar-refractivity contribution in [2.24, 2.45) is 0 Å².